The third-order valence-electron chi connectivity index (χ3n) is 1.83. The van der Waals surface area contributed by atoms with Gasteiger partial charge in [0.2, 0.25) is 0 Å². The second-order valence-corrected chi connectivity index (χ2v) is 3.47. The molecule has 1 unspecified atom stereocenters. The van der Waals surface area contributed by atoms with E-state index in [2.05, 4.69) is 10.1 Å². The lowest BCUT2D eigenvalue weighted by Crippen LogP contribution is -2.38. The van der Waals surface area contributed by atoms with E-state index in [0.717, 1.165) is 5.17 Å². The number of nitrogens with zero attached hydrogens (tertiary/aromatic N) is 4. The molecule has 0 saturated heterocycles. The summed E-state index contributed by atoms with van der Waals surface area (Å²) in [7, 11) is 0. The maximum absolute atomic E-state index is 11.2. The van der Waals surface area contributed by atoms with Gasteiger partial charge in [0.05, 0.1) is 6.10 Å². The van der Waals surface area contributed by atoms with E-state index in [0.29, 0.717) is 0 Å². The van der Waals surface area contributed by atoms with E-state index < -0.39 is 12.4 Å². The average molecular weight is 224 g/mol. The van der Waals surface area contributed by atoms with Crippen LogP contribution in [0.1, 0.15) is 13.8 Å². The van der Waals surface area contributed by atoms with Gasteiger partial charge in [-0.15, -0.1) is 5.10 Å². The number of carbonyl (C=O) groups is 1. The zero-order valence-corrected chi connectivity index (χ0v) is 8.98. The molecule has 0 aliphatic carbocycles. The van der Waals surface area contributed by atoms with Crippen LogP contribution in [0.25, 0.3) is 0 Å². The van der Waals surface area contributed by atoms with E-state index in [1.807, 2.05) is 0 Å². The van der Waals surface area contributed by atoms with Crippen molar-refractivity contribution in [3.8, 4) is 0 Å². The zero-order chi connectivity index (χ0) is 11.5. The van der Waals surface area contributed by atoms with Crippen molar-refractivity contribution < 1.29 is 14.4 Å². The second kappa shape index (κ2) is 4.21. The number of aliphatic imine (C=N–C) groups is 1. The number of hydrogen-bond acceptors (Lipinski definition) is 7. The number of carbonyl (C=O) groups excluding carboxylic acids is 1. The molecule has 2 aliphatic rings. The number of rotatable bonds is 2. The molecular weight excluding hydrogens is 212 g/mol. The molecule has 0 bridgehead atoms. The number of fused-ring (bicyclic) bond motifs is 1. The highest BCUT2D eigenvalue weighted by molar-refractivity contribution is 5.74. The van der Waals surface area contributed by atoms with Crippen molar-refractivity contribution in [3.63, 3.8) is 0 Å². The molecule has 0 fully saturated rings. The zero-order valence-electron chi connectivity index (χ0n) is 8.98. The van der Waals surface area contributed by atoms with E-state index in [9.17, 15) is 4.79 Å². The minimum Gasteiger partial charge on any atom is -0.430 e. The highest BCUT2D eigenvalue weighted by atomic mass is 16.8. The summed E-state index contributed by atoms with van der Waals surface area (Å²) in [4.78, 5) is 21.9. The molecular formula is C9H12N4O3. The molecule has 0 aromatic carbocycles. The summed E-state index contributed by atoms with van der Waals surface area (Å²) in [6, 6.07) is 0. The Kier molecular flexibility index (Phi) is 2.76. The maximum atomic E-state index is 11.2. The lowest BCUT2D eigenvalue weighted by molar-refractivity contribution is -0.163. The predicted octanol–water partition coefficient (Wildman–Crippen LogP) is 0.906. The summed E-state index contributed by atoms with van der Waals surface area (Å²) >= 11 is 0. The molecule has 16 heavy (non-hydrogen) atoms. The van der Waals surface area contributed by atoms with Crippen LogP contribution in [0.4, 0.5) is 4.79 Å². The Hall–Kier alpha value is -2.05. The topological polar surface area (TPSA) is 66.7 Å². The molecule has 1 atom stereocenters. The molecule has 2 aliphatic heterocycles. The first-order valence-corrected chi connectivity index (χ1v) is 4.86. The van der Waals surface area contributed by atoms with E-state index in [1.54, 1.807) is 37.2 Å². The maximum Gasteiger partial charge on any atom is 0.535 e. The number of allylic oxidation sites excluding steroid dienone is 1. The lowest BCUT2D eigenvalue weighted by atomic mass is 10.5. The molecule has 7 nitrogen and oxygen atoms in total. The summed E-state index contributed by atoms with van der Waals surface area (Å²) in [6.45, 7) is 3.48. The standard InChI is InChI=1S/C9H12N4O3/c1-7(2)15-9(14)16-13-8-10-4-3-5-12(8)6-11-13/h3-8H,1-2H3. The van der Waals surface area contributed by atoms with E-state index in [4.69, 9.17) is 9.57 Å². The third-order valence-corrected chi connectivity index (χ3v) is 1.83. The fraction of sp³-hybridized carbons (Fsp3) is 0.444. The van der Waals surface area contributed by atoms with Gasteiger partial charge in [-0.05, 0) is 19.9 Å². The molecule has 0 spiro atoms. The Morgan fingerprint density at radius 1 is 1.50 bits per heavy atom. The number of ether oxygens (including phenoxy) is 1. The summed E-state index contributed by atoms with van der Waals surface area (Å²) in [5.74, 6) is 0. The average Bonchev–Trinajstić information content (AvgIpc) is 2.61. The van der Waals surface area contributed by atoms with Gasteiger partial charge >= 0.3 is 6.16 Å². The molecule has 0 aromatic rings. The molecule has 7 heteroatoms. The number of hydrazone groups is 1. The minimum absolute atomic E-state index is 0.232. The molecule has 0 aromatic heterocycles. The van der Waals surface area contributed by atoms with Crippen LogP contribution in [-0.4, -0.2) is 41.2 Å². The van der Waals surface area contributed by atoms with Crippen LogP contribution in [0.3, 0.4) is 0 Å². The third kappa shape index (κ3) is 2.13. The van der Waals surface area contributed by atoms with Crippen LogP contribution in [0.5, 0.6) is 0 Å². The monoisotopic (exact) mass is 224 g/mol. The Labute approximate surface area is 92.6 Å². The first kappa shape index (κ1) is 10.5. The smallest absolute Gasteiger partial charge is 0.430 e. The lowest BCUT2D eigenvalue weighted by Gasteiger charge is -2.24. The molecule has 86 valence electrons. The first-order chi connectivity index (χ1) is 7.66. The van der Waals surface area contributed by atoms with E-state index >= 15 is 0 Å². The quantitative estimate of drug-likeness (QED) is 0.652. The Bertz CT molecular complexity index is 364. The van der Waals surface area contributed by atoms with Crippen molar-refractivity contribution in [2.24, 2.45) is 10.1 Å². The fourth-order valence-electron chi connectivity index (χ4n) is 1.22. The van der Waals surface area contributed by atoms with Gasteiger partial charge in [0.25, 0.3) is 6.29 Å². The second-order valence-electron chi connectivity index (χ2n) is 3.47. The van der Waals surface area contributed by atoms with Gasteiger partial charge in [-0.1, -0.05) is 5.17 Å². The highest BCUT2D eigenvalue weighted by Gasteiger charge is 2.30. The van der Waals surface area contributed by atoms with Gasteiger partial charge in [-0.3, -0.25) is 9.74 Å². The molecule has 2 heterocycles. The van der Waals surface area contributed by atoms with Gasteiger partial charge in [0.1, 0.15) is 6.34 Å². The van der Waals surface area contributed by atoms with Crippen LogP contribution in [-0.2, 0) is 9.57 Å². The van der Waals surface area contributed by atoms with Gasteiger partial charge in [0, 0.05) is 12.4 Å². The fourth-order valence-corrected chi connectivity index (χ4v) is 1.22. The van der Waals surface area contributed by atoms with Crippen molar-refractivity contribution in [3.05, 3.63) is 12.3 Å². The predicted molar refractivity (Wildman–Crippen MR) is 56.3 cm³/mol. The molecule has 0 saturated carbocycles. The van der Waals surface area contributed by atoms with Crippen molar-refractivity contribution in [1.29, 1.82) is 0 Å². The van der Waals surface area contributed by atoms with Gasteiger partial charge < -0.3 is 4.74 Å². The summed E-state index contributed by atoms with van der Waals surface area (Å²) in [5.41, 5.74) is 0. The highest BCUT2D eigenvalue weighted by Crippen LogP contribution is 2.17. The summed E-state index contributed by atoms with van der Waals surface area (Å²) < 4.78 is 4.83. The Balaban J connectivity index is 1.92. The van der Waals surface area contributed by atoms with Gasteiger partial charge in [-0.25, -0.2) is 9.79 Å². The van der Waals surface area contributed by atoms with Crippen LogP contribution in [0.2, 0.25) is 0 Å². The van der Waals surface area contributed by atoms with Gasteiger partial charge in [0.15, 0.2) is 0 Å². The Morgan fingerprint density at radius 2 is 2.31 bits per heavy atom. The van der Waals surface area contributed by atoms with Crippen LogP contribution >= 0.6 is 0 Å². The molecule has 2 rings (SSSR count). The molecule has 0 amide bonds. The Morgan fingerprint density at radius 3 is 3.06 bits per heavy atom. The molecule has 0 radical (unpaired) electrons. The van der Waals surface area contributed by atoms with Crippen molar-refractivity contribution >= 4 is 18.7 Å². The summed E-state index contributed by atoms with van der Waals surface area (Å²) in [5, 5.41) is 4.96. The summed E-state index contributed by atoms with van der Waals surface area (Å²) in [6.07, 6.45) is 5.17. The first-order valence-electron chi connectivity index (χ1n) is 4.86. The number of hydrogen-bond donors (Lipinski definition) is 0. The van der Waals surface area contributed by atoms with Crippen molar-refractivity contribution in [2.75, 3.05) is 0 Å². The van der Waals surface area contributed by atoms with Crippen LogP contribution in [0, 0.1) is 0 Å². The van der Waals surface area contributed by atoms with E-state index in [1.165, 1.54) is 6.34 Å². The van der Waals surface area contributed by atoms with Crippen molar-refractivity contribution in [1.82, 2.24) is 10.1 Å². The largest absolute Gasteiger partial charge is 0.535 e. The van der Waals surface area contributed by atoms with E-state index in [-0.39, 0.29) is 6.10 Å². The van der Waals surface area contributed by atoms with Gasteiger partial charge in [-0.2, -0.15) is 0 Å². The normalized spacial score (nSPS) is 21.6. The number of hydroxylamine groups is 1. The van der Waals surface area contributed by atoms with Crippen LogP contribution in [0.15, 0.2) is 22.4 Å². The minimum atomic E-state index is -0.793. The van der Waals surface area contributed by atoms with Crippen LogP contribution < -0.4 is 0 Å². The molecule has 0 N–H and O–H groups in total. The van der Waals surface area contributed by atoms with Crippen molar-refractivity contribution in [2.45, 2.75) is 26.2 Å². The SMILES string of the molecule is CC(C)OC(=O)ON1N=CN2C=CC=NC21.